The summed E-state index contributed by atoms with van der Waals surface area (Å²) in [7, 11) is 0. The Balaban J connectivity index is 1.92. The van der Waals surface area contributed by atoms with Crippen LogP contribution in [0.2, 0.25) is 0 Å². The third-order valence-corrected chi connectivity index (χ3v) is 5.02. The van der Waals surface area contributed by atoms with Crippen LogP contribution in [-0.4, -0.2) is 6.54 Å². The van der Waals surface area contributed by atoms with E-state index in [-0.39, 0.29) is 0 Å². The molecule has 0 saturated heterocycles. The molecule has 1 aromatic carbocycles. The van der Waals surface area contributed by atoms with Gasteiger partial charge >= 0.3 is 0 Å². The average Bonchev–Trinajstić information content (AvgIpc) is 3.07. The molecule has 1 N–H and O–H groups in total. The second-order valence-corrected chi connectivity index (χ2v) is 6.87. The molecular formula is C18H23NS. The van der Waals surface area contributed by atoms with Crippen molar-refractivity contribution in [1.29, 1.82) is 0 Å². The molecule has 1 unspecified atom stereocenters. The highest BCUT2D eigenvalue weighted by Gasteiger charge is 2.18. The van der Waals surface area contributed by atoms with Crippen LogP contribution in [0.25, 0.3) is 0 Å². The van der Waals surface area contributed by atoms with Crippen LogP contribution in [0.3, 0.4) is 0 Å². The summed E-state index contributed by atoms with van der Waals surface area (Å²) in [4.78, 5) is 1.39. The Morgan fingerprint density at radius 1 is 1.15 bits per heavy atom. The number of nitrogens with one attached hydrogen (secondary N) is 1. The molecule has 1 aromatic heterocycles. The van der Waals surface area contributed by atoms with Crippen molar-refractivity contribution in [2.24, 2.45) is 0 Å². The molecule has 0 saturated carbocycles. The summed E-state index contributed by atoms with van der Waals surface area (Å²) in [6.45, 7) is 5.48. The van der Waals surface area contributed by atoms with Crippen molar-refractivity contribution < 1.29 is 0 Å². The van der Waals surface area contributed by atoms with Gasteiger partial charge in [0.05, 0.1) is 6.04 Å². The van der Waals surface area contributed by atoms with Crippen LogP contribution in [0.5, 0.6) is 0 Å². The van der Waals surface area contributed by atoms with Crippen LogP contribution < -0.4 is 5.32 Å². The average molecular weight is 285 g/mol. The zero-order valence-electron chi connectivity index (χ0n) is 12.4. The topological polar surface area (TPSA) is 12.0 Å². The third kappa shape index (κ3) is 2.82. The molecular weight excluding hydrogens is 262 g/mol. The van der Waals surface area contributed by atoms with Gasteiger partial charge in [-0.1, -0.05) is 25.1 Å². The smallest absolute Gasteiger partial charge is 0.0585 e. The molecule has 0 spiro atoms. The molecule has 1 aliphatic carbocycles. The molecule has 2 heteroatoms. The SMILES string of the molecule is CCCNC(c1csc(C)c1)c1ccc2c(c1)CCC2. The number of thiophene rings is 1. The third-order valence-electron chi connectivity index (χ3n) is 4.14. The number of benzene rings is 1. The maximum Gasteiger partial charge on any atom is 0.0585 e. The van der Waals surface area contributed by atoms with E-state index in [1.165, 1.54) is 41.7 Å². The van der Waals surface area contributed by atoms with Crippen molar-refractivity contribution in [3.05, 3.63) is 56.8 Å². The van der Waals surface area contributed by atoms with E-state index in [0.717, 1.165) is 6.54 Å². The van der Waals surface area contributed by atoms with Crippen LogP contribution in [0, 0.1) is 6.92 Å². The van der Waals surface area contributed by atoms with E-state index in [0.29, 0.717) is 6.04 Å². The molecule has 1 heterocycles. The molecule has 0 radical (unpaired) electrons. The first-order valence-electron chi connectivity index (χ1n) is 7.68. The Bertz CT molecular complexity index is 585. The second-order valence-electron chi connectivity index (χ2n) is 5.76. The fourth-order valence-electron chi connectivity index (χ4n) is 3.10. The standard InChI is InChI=1S/C18H23NS/c1-3-9-19-18(17-10-13(2)20-12-17)16-8-7-14-5-4-6-15(14)11-16/h7-8,10-12,18-19H,3-6,9H2,1-2H3. The first-order chi connectivity index (χ1) is 9.78. The summed E-state index contributed by atoms with van der Waals surface area (Å²) >= 11 is 1.85. The molecule has 3 rings (SSSR count). The first kappa shape index (κ1) is 13.8. The van der Waals surface area contributed by atoms with Crippen LogP contribution in [0.15, 0.2) is 29.6 Å². The van der Waals surface area contributed by atoms with Crippen molar-refractivity contribution in [3.8, 4) is 0 Å². The Kier molecular flexibility index (Phi) is 4.23. The summed E-state index contributed by atoms with van der Waals surface area (Å²) in [5, 5.41) is 6.01. The molecule has 0 aliphatic heterocycles. The molecule has 1 atom stereocenters. The van der Waals surface area contributed by atoms with Crippen molar-refractivity contribution in [3.63, 3.8) is 0 Å². The van der Waals surface area contributed by atoms with Gasteiger partial charge in [-0.05, 0) is 72.9 Å². The predicted octanol–water partition coefficient (Wildman–Crippen LogP) is 4.63. The van der Waals surface area contributed by atoms with Crippen molar-refractivity contribution in [1.82, 2.24) is 5.32 Å². The van der Waals surface area contributed by atoms with Crippen LogP contribution in [0.1, 0.15) is 52.9 Å². The van der Waals surface area contributed by atoms with Crippen molar-refractivity contribution in [2.75, 3.05) is 6.54 Å². The Morgan fingerprint density at radius 2 is 2.00 bits per heavy atom. The van der Waals surface area contributed by atoms with Gasteiger partial charge in [-0.15, -0.1) is 11.3 Å². The van der Waals surface area contributed by atoms with Gasteiger partial charge in [0.25, 0.3) is 0 Å². The maximum absolute atomic E-state index is 3.71. The minimum atomic E-state index is 0.353. The van der Waals surface area contributed by atoms with E-state index >= 15 is 0 Å². The van der Waals surface area contributed by atoms with Gasteiger partial charge in [-0.3, -0.25) is 0 Å². The zero-order chi connectivity index (χ0) is 13.9. The lowest BCUT2D eigenvalue weighted by Crippen LogP contribution is -2.22. The predicted molar refractivity (Wildman–Crippen MR) is 87.7 cm³/mol. The number of aryl methyl sites for hydroxylation is 3. The van der Waals surface area contributed by atoms with Gasteiger partial charge in [0.1, 0.15) is 0 Å². The summed E-state index contributed by atoms with van der Waals surface area (Å²) in [6, 6.07) is 9.78. The highest BCUT2D eigenvalue weighted by Crippen LogP contribution is 2.30. The van der Waals surface area contributed by atoms with Gasteiger partial charge in [0.15, 0.2) is 0 Å². The number of hydrogen-bond acceptors (Lipinski definition) is 2. The highest BCUT2D eigenvalue weighted by atomic mass is 32.1. The highest BCUT2D eigenvalue weighted by molar-refractivity contribution is 7.10. The molecule has 106 valence electrons. The van der Waals surface area contributed by atoms with Gasteiger partial charge < -0.3 is 5.32 Å². The lowest BCUT2D eigenvalue weighted by Gasteiger charge is -2.19. The fraction of sp³-hybridized carbons (Fsp3) is 0.444. The number of fused-ring (bicyclic) bond motifs is 1. The number of rotatable bonds is 5. The summed E-state index contributed by atoms with van der Waals surface area (Å²) in [5.41, 5.74) is 5.97. The van der Waals surface area contributed by atoms with E-state index in [9.17, 15) is 0 Å². The lowest BCUT2D eigenvalue weighted by molar-refractivity contribution is 0.599. The van der Waals surface area contributed by atoms with E-state index < -0.39 is 0 Å². The van der Waals surface area contributed by atoms with Gasteiger partial charge in [-0.2, -0.15) is 0 Å². The van der Waals surface area contributed by atoms with Crippen LogP contribution in [-0.2, 0) is 12.8 Å². The minimum Gasteiger partial charge on any atom is -0.306 e. The maximum atomic E-state index is 3.71. The van der Waals surface area contributed by atoms with Gasteiger partial charge in [0.2, 0.25) is 0 Å². The zero-order valence-corrected chi connectivity index (χ0v) is 13.2. The van der Waals surface area contributed by atoms with Gasteiger partial charge in [-0.25, -0.2) is 0 Å². The number of hydrogen-bond donors (Lipinski definition) is 1. The van der Waals surface area contributed by atoms with E-state index in [1.54, 1.807) is 11.1 Å². The fourth-order valence-corrected chi connectivity index (χ4v) is 3.83. The Morgan fingerprint density at radius 3 is 2.75 bits per heavy atom. The Labute approximate surface area is 126 Å². The molecule has 0 bridgehead atoms. The Hall–Kier alpha value is -1.12. The quantitative estimate of drug-likeness (QED) is 0.844. The molecule has 1 nitrogen and oxygen atoms in total. The first-order valence-corrected chi connectivity index (χ1v) is 8.56. The summed E-state index contributed by atoms with van der Waals surface area (Å²) < 4.78 is 0. The monoisotopic (exact) mass is 285 g/mol. The normalized spacial score (nSPS) is 15.3. The molecule has 0 fully saturated rings. The summed E-state index contributed by atoms with van der Waals surface area (Å²) in [6.07, 6.45) is 5.01. The molecule has 1 aliphatic rings. The minimum absolute atomic E-state index is 0.353. The van der Waals surface area contributed by atoms with E-state index in [1.807, 2.05) is 11.3 Å². The lowest BCUT2D eigenvalue weighted by atomic mass is 9.97. The van der Waals surface area contributed by atoms with Crippen LogP contribution >= 0.6 is 11.3 Å². The van der Waals surface area contributed by atoms with Crippen molar-refractivity contribution in [2.45, 2.75) is 45.6 Å². The molecule has 2 aromatic rings. The molecule has 0 amide bonds. The van der Waals surface area contributed by atoms with E-state index in [4.69, 9.17) is 0 Å². The van der Waals surface area contributed by atoms with Crippen LogP contribution in [0.4, 0.5) is 0 Å². The largest absolute Gasteiger partial charge is 0.306 e. The summed E-state index contributed by atoms with van der Waals surface area (Å²) in [5.74, 6) is 0. The molecule has 20 heavy (non-hydrogen) atoms. The van der Waals surface area contributed by atoms with Crippen molar-refractivity contribution >= 4 is 11.3 Å². The second kappa shape index (κ2) is 6.11. The van der Waals surface area contributed by atoms with E-state index in [2.05, 4.69) is 48.8 Å². The van der Waals surface area contributed by atoms with Gasteiger partial charge in [0, 0.05) is 4.88 Å².